The van der Waals surface area contributed by atoms with Gasteiger partial charge in [-0.25, -0.2) is 0 Å². The first kappa shape index (κ1) is 15.3. The average Bonchev–Trinajstić information content (AvgIpc) is 2.47. The summed E-state index contributed by atoms with van der Waals surface area (Å²) in [5, 5.41) is 11.0. The van der Waals surface area contributed by atoms with Gasteiger partial charge in [-0.3, -0.25) is 16.0 Å². The smallest absolute Gasteiger partial charge is 0.294 e. The topological polar surface area (TPSA) is 90.4 Å². The van der Waals surface area contributed by atoms with Crippen LogP contribution in [0.1, 0.15) is 11.1 Å². The van der Waals surface area contributed by atoms with Gasteiger partial charge in [0.15, 0.2) is 0 Å². The van der Waals surface area contributed by atoms with E-state index in [2.05, 4.69) is 21.4 Å². The molecular formula is C14H14BrN3O3. The van der Waals surface area contributed by atoms with Gasteiger partial charge in [-0.1, -0.05) is 28.1 Å². The van der Waals surface area contributed by atoms with Gasteiger partial charge in [0.05, 0.1) is 4.92 Å². The van der Waals surface area contributed by atoms with Crippen LogP contribution >= 0.6 is 15.9 Å². The van der Waals surface area contributed by atoms with E-state index in [9.17, 15) is 10.1 Å². The first-order chi connectivity index (χ1) is 10.0. The van der Waals surface area contributed by atoms with Crippen LogP contribution in [0.2, 0.25) is 0 Å². The van der Waals surface area contributed by atoms with Gasteiger partial charge < -0.3 is 10.2 Å². The number of hydrogen-bond donors (Lipinski definition) is 2. The van der Waals surface area contributed by atoms with Crippen molar-refractivity contribution in [2.75, 3.05) is 5.43 Å². The van der Waals surface area contributed by atoms with Gasteiger partial charge in [0, 0.05) is 10.5 Å². The minimum Gasteiger partial charge on any atom is -0.489 e. The number of nitro groups is 1. The highest BCUT2D eigenvalue weighted by Crippen LogP contribution is 2.27. The van der Waals surface area contributed by atoms with Crippen molar-refractivity contribution in [3.8, 4) is 5.75 Å². The second-order valence-corrected chi connectivity index (χ2v) is 5.37. The third-order valence-corrected chi connectivity index (χ3v) is 3.45. The molecular weight excluding hydrogens is 338 g/mol. The van der Waals surface area contributed by atoms with Crippen LogP contribution in [0, 0.1) is 17.0 Å². The number of nitrogens with one attached hydrogen (secondary N) is 1. The van der Waals surface area contributed by atoms with Crippen molar-refractivity contribution in [3.05, 3.63) is 62.1 Å². The molecule has 2 aromatic carbocycles. The number of nitro benzene ring substituents is 1. The average molecular weight is 352 g/mol. The zero-order valence-corrected chi connectivity index (χ0v) is 12.9. The molecule has 0 atom stereocenters. The predicted molar refractivity (Wildman–Crippen MR) is 84.1 cm³/mol. The van der Waals surface area contributed by atoms with Crippen molar-refractivity contribution < 1.29 is 9.66 Å². The lowest BCUT2D eigenvalue weighted by molar-refractivity contribution is -0.384. The van der Waals surface area contributed by atoms with Crippen molar-refractivity contribution in [2.45, 2.75) is 13.5 Å². The second-order valence-electron chi connectivity index (χ2n) is 4.45. The summed E-state index contributed by atoms with van der Waals surface area (Å²) in [6.45, 7) is 2.18. The molecule has 3 N–H and O–H groups in total. The van der Waals surface area contributed by atoms with E-state index in [1.165, 1.54) is 6.07 Å². The van der Waals surface area contributed by atoms with Gasteiger partial charge in [0.25, 0.3) is 5.69 Å². The van der Waals surface area contributed by atoms with Crippen LogP contribution in [0.15, 0.2) is 40.9 Å². The molecule has 0 aliphatic carbocycles. The first-order valence-corrected chi connectivity index (χ1v) is 6.93. The summed E-state index contributed by atoms with van der Waals surface area (Å²) < 4.78 is 6.62. The quantitative estimate of drug-likeness (QED) is 0.488. The van der Waals surface area contributed by atoms with E-state index in [0.29, 0.717) is 5.56 Å². The number of benzene rings is 2. The van der Waals surface area contributed by atoms with Crippen LogP contribution in [0.25, 0.3) is 0 Å². The number of aryl methyl sites for hydroxylation is 1. The largest absolute Gasteiger partial charge is 0.489 e. The molecule has 0 saturated heterocycles. The van der Waals surface area contributed by atoms with E-state index < -0.39 is 4.92 Å². The molecule has 0 aliphatic heterocycles. The monoisotopic (exact) mass is 351 g/mol. The Hall–Kier alpha value is -2.12. The Bertz CT molecular complexity index is 677. The van der Waals surface area contributed by atoms with Crippen molar-refractivity contribution in [1.29, 1.82) is 0 Å². The third-order valence-electron chi connectivity index (χ3n) is 2.96. The van der Waals surface area contributed by atoms with Crippen LogP contribution in [-0.4, -0.2) is 4.92 Å². The molecule has 0 saturated carbocycles. The molecule has 0 aliphatic rings. The summed E-state index contributed by atoms with van der Waals surface area (Å²) in [6, 6.07) is 10.5. The maximum absolute atomic E-state index is 11.0. The number of anilines is 1. The molecule has 0 radical (unpaired) electrons. The van der Waals surface area contributed by atoms with E-state index in [0.717, 1.165) is 15.8 Å². The molecule has 0 bridgehead atoms. The fourth-order valence-electron chi connectivity index (χ4n) is 1.83. The Kier molecular flexibility index (Phi) is 4.77. The zero-order chi connectivity index (χ0) is 15.4. The Morgan fingerprint density at radius 3 is 2.76 bits per heavy atom. The number of nitrogens with two attached hydrogens (primary N) is 1. The van der Waals surface area contributed by atoms with Gasteiger partial charge in [0.2, 0.25) is 0 Å². The molecule has 0 spiro atoms. The molecule has 2 rings (SSSR count). The minimum absolute atomic E-state index is 0.0791. The Balaban J connectivity index is 2.18. The molecule has 0 unspecified atom stereocenters. The second kappa shape index (κ2) is 6.55. The zero-order valence-electron chi connectivity index (χ0n) is 11.3. The highest BCUT2D eigenvalue weighted by Gasteiger charge is 2.14. The summed E-state index contributed by atoms with van der Waals surface area (Å²) in [5.41, 5.74) is 4.18. The summed E-state index contributed by atoms with van der Waals surface area (Å²) in [5.74, 6) is 5.98. The van der Waals surface area contributed by atoms with Gasteiger partial charge in [0.1, 0.15) is 18.0 Å². The van der Waals surface area contributed by atoms with E-state index in [4.69, 9.17) is 10.6 Å². The lowest BCUT2D eigenvalue weighted by Crippen LogP contribution is -2.09. The molecule has 7 heteroatoms. The maximum atomic E-state index is 11.0. The number of rotatable bonds is 5. The molecule has 21 heavy (non-hydrogen) atoms. The van der Waals surface area contributed by atoms with E-state index in [1.807, 2.05) is 25.1 Å². The molecule has 0 fully saturated rings. The van der Waals surface area contributed by atoms with Gasteiger partial charge in [-0.15, -0.1) is 0 Å². The Labute approximate surface area is 130 Å². The molecule has 6 nitrogen and oxygen atoms in total. The highest BCUT2D eigenvalue weighted by molar-refractivity contribution is 9.10. The summed E-state index contributed by atoms with van der Waals surface area (Å²) >= 11 is 3.38. The van der Waals surface area contributed by atoms with Crippen molar-refractivity contribution in [3.63, 3.8) is 0 Å². The number of ether oxygens (including phenoxy) is 1. The molecule has 0 heterocycles. The lowest BCUT2D eigenvalue weighted by atomic mass is 10.2. The van der Waals surface area contributed by atoms with E-state index in [-0.39, 0.29) is 18.0 Å². The maximum Gasteiger partial charge on any atom is 0.294 e. The summed E-state index contributed by atoms with van der Waals surface area (Å²) in [4.78, 5) is 10.5. The van der Waals surface area contributed by atoms with E-state index >= 15 is 0 Å². The van der Waals surface area contributed by atoms with Crippen molar-refractivity contribution >= 4 is 27.3 Å². The van der Waals surface area contributed by atoms with Gasteiger partial charge in [-0.2, -0.15) is 0 Å². The molecule has 0 amide bonds. The highest BCUT2D eigenvalue weighted by atomic mass is 79.9. The normalized spacial score (nSPS) is 10.2. The molecule has 110 valence electrons. The van der Waals surface area contributed by atoms with E-state index in [1.54, 1.807) is 12.1 Å². The molecule has 0 aromatic heterocycles. The number of halogens is 1. The molecule has 2 aromatic rings. The number of hydrogen-bond acceptors (Lipinski definition) is 5. The van der Waals surface area contributed by atoms with Crippen LogP contribution in [-0.2, 0) is 6.61 Å². The van der Waals surface area contributed by atoms with Crippen LogP contribution in [0.4, 0.5) is 11.4 Å². The van der Waals surface area contributed by atoms with Gasteiger partial charge in [-0.05, 0) is 36.2 Å². The van der Waals surface area contributed by atoms with Crippen molar-refractivity contribution in [2.24, 2.45) is 5.84 Å². The SMILES string of the molecule is Cc1ccc(Br)cc1OCc1ccc(NN)c([N+](=O)[O-])c1. The van der Waals surface area contributed by atoms with Crippen LogP contribution in [0.3, 0.4) is 0 Å². The number of nitrogens with zero attached hydrogens (tertiary/aromatic N) is 1. The third kappa shape index (κ3) is 3.71. The predicted octanol–water partition coefficient (Wildman–Crippen LogP) is 3.53. The van der Waals surface area contributed by atoms with Crippen molar-refractivity contribution in [1.82, 2.24) is 0 Å². The lowest BCUT2D eigenvalue weighted by Gasteiger charge is -2.10. The fraction of sp³-hybridized carbons (Fsp3) is 0.143. The minimum atomic E-state index is -0.483. The number of hydrazine groups is 1. The Morgan fingerprint density at radius 2 is 2.10 bits per heavy atom. The number of nitrogen functional groups attached to an aromatic ring is 1. The Morgan fingerprint density at radius 1 is 1.33 bits per heavy atom. The summed E-state index contributed by atoms with van der Waals surface area (Å²) in [7, 11) is 0. The first-order valence-electron chi connectivity index (χ1n) is 6.14. The fourth-order valence-corrected chi connectivity index (χ4v) is 2.17. The summed E-state index contributed by atoms with van der Waals surface area (Å²) in [6.07, 6.45) is 0. The van der Waals surface area contributed by atoms with Gasteiger partial charge >= 0.3 is 0 Å². The standard InChI is InChI=1S/C14H14BrN3O3/c1-9-2-4-11(15)7-14(9)21-8-10-3-5-12(17-16)13(6-10)18(19)20/h2-7,17H,8,16H2,1H3. The van der Waals surface area contributed by atoms with Crippen LogP contribution in [0.5, 0.6) is 5.75 Å². The van der Waals surface area contributed by atoms with Crippen LogP contribution < -0.4 is 16.0 Å².